The second-order valence-corrected chi connectivity index (χ2v) is 6.54. The number of anilines is 1. The molecule has 1 aromatic heterocycles. The van der Waals surface area contributed by atoms with Crippen LogP contribution in [0.4, 0.5) is 5.82 Å². The van der Waals surface area contributed by atoms with E-state index in [1.54, 1.807) is 0 Å². The Bertz CT molecular complexity index is 571. The zero-order valence-electron chi connectivity index (χ0n) is 13.0. The van der Waals surface area contributed by atoms with Crippen LogP contribution in [0.15, 0.2) is 6.07 Å². The maximum atomic E-state index is 11.6. The van der Waals surface area contributed by atoms with Crippen molar-refractivity contribution < 1.29 is 9.90 Å². The van der Waals surface area contributed by atoms with E-state index in [4.69, 9.17) is 4.98 Å². The predicted octanol–water partition coefficient (Wildman–Crippen LogP) is 1.65. The van der Waals surface area contributed by atoms with Gasteiger partial charge in [0, 0.05) is 24.8 Å². The van der Waals surface area contributed by atoms with Crippen LogP contribution in [0.3, 0.4) is 0 Å². The Morgan fingerprint density at radius 2 is 2.14 bits per heavy atom. The summed E-state index contributed by atoms with van der Waals surface area (Å²) in [6.07, 6.45) is 3.02. The molecule has 2 unspecified atom stereocenters. The third-order valence-corrected chi connectivity index (χ3v) is 4.80. The SMILES string of the molecule is CC1CN(c2nc3c(cc2C(=O)O)CCC3)CC1N(C)C. The van der Waals surface area contributed by atoms with Gasteiger partial charge in [-0.2, -0.15) is 0 Å². The van der Waals surface area contributed by atoms with Crippen LogP contribution in [-0.2, 0) is 12.8 Å². The summed E-state index contributed by atoms with van der Waals surface area (Å²) in [6.45, 7) is 3.94. The van der Waals surface area contributed by atoms with E-state index in [0.717, 1.165) is 43.6 Å². The van der Waals surface area contributed by atoms with E-state index in [1.807, 2.05) is 6.07 Å². The number of aryl methyl sites for hydroxylation is 2. The van der Waals surface area contributed by atoms with Crippen molar-refractivity contribution in [3.05, 3.63) is 22.9 Å². The summed E-state index contributed by atoms with van der Waals surface area (Å²) >= 11 is 0. The fourth-order valence-electron chi connectivity index (χ4n) is 3.65. The normalized spacial score (nSPS) is 24.7. The Labute approximate surface area is 125 Å². The molecule has 0 saturated carbocycles. The van der Waals surface area contributed by atoms with Crippen molar-refractivity contribution in [2.45, 2.75) is 32.2 Å². The van der Waals surface area contributed by atoms with Gasteiger partial charge in [-0.1, -0.05) is 6.92 Å². The van der Waals surface area contributed by atoms with Crippen LogP contribution in [0.5, 0.6) is 0 Å². The molecule has 1 aliphatic carbocycles. The molecule has 0 aromatic carbocycles. The molecule has 5 heteroatoms. The lowest BCUT2D eigenvalue weighted by molar-refractivity contribution is 0.0697. The Balaban J connectivity index is 1.97. The number of nitrogens with zero attached hydrogens (tertiary/aromatic N) is 3. The van der Waals surface area contributed by atoms with E-state index >= 15 is 0 Å². The molecule has 114 valence electrons. The highest BCUT2D eigenvalue weighted by Crippen LogP contribution is 2.31. The highest BCUT2D eigenvalue weighted by molar-refractivity contribution is 5.93. The van der Waals surface area contributed by atoms with Crippen molar-refractivity contribution in [2.24, 2.45) is 5.92 Å². The van der Waals surface area contributed by atoms with E-state index < -0.39 is 5.97 Å². The summed E-state index contributed by atoms with van der Waals surface area (Å²) in [6, 6.07) is 2.29. The lowest BCUT2D eigenvalue weighted by Gasteiger charge is -2.23. The highest BCUT2D eigenvalue weighted by atomic mass is 16.4. The van der Waals surface area contributed by atoms with Crippen LogP contribution in [0.1, 0.15) is 35.0 Å². The van der Waals surface area contributed by atoms with Crippen LogP contribution in [0, 0.1) is 5.92 Å². The summed E-state index contributed by atoms with van der Waals surface area (Å²) in [5.41, 5.74) is 2.57. The summed E-state index contributed by atoms with van der Waals surface area (Å²) < 4.78 is 0. The molecule has 2 heterocycles. The molecule has 0 radical (unpaired) electrons. The first-order valence-corrected chi connectivity index (χ1v) is 7.65. The number of hydrogen-bond acceptors (Lipinski definition) is 4. The number of aromatic nitrogens is 1. The van der Waals surface area contributed by atoms with Gasteiger partial charge in [-0.3, -0.25) is 0 Å². The van der Waals surface area contributed by atoms with Crippen molar-refractivity contribution >= 4 is 11.8 Å². The molecule has 5 nitrogen and oxygen atoms in total. The average Bonchev–Trinajstić information content (AvgIpc) is 3.02. The molecule has 3 rings (SSSR count). The smallest absolute Gasteiger partial charge is 0.339 e. The molecular formula is C16H23N3O2. The largest absolute Gasteiger partial charge is 0.478 e. The topological polar surface area (TPSA) is 56.7 Å². The summed E-state index contributed by atoms with van der Waals surface area (Å²) in [5, 5.41) is 9.52. The Morgan fingerprint density at radius 1 is 1.38 bits per heavy atom. The van der Waals surface area contributed by atoms with Gasteiger partial charge in [-0.05, 0) is 50.9 Å². The van der Waals surface area contributed by atoms with E-state index in [0.29, 0.717) is 23.3 Å². The number of likely N-dealkylation sites (N-methyl/N-ethyl adjacent to an activating group) is 1. The van der Waals surface area contributed by atoms with Gasteiger partial charge in [0.05, 0.1) is 0 Å². The van der Waals surface area contributed by atoms with Gasteiger partial charge < -0.3 is 14.9 Å². The standard InChI is InChI=1S/C16H23N3O2/c1-10-8-19(9-14(10)18(2)3)15-12(16(20)21)7-11-5-4-6-13(11)17-15/h7,10,14H,4-6,8-9H2,1-3H3,(H,20,21). The summed E-state index contributed by atoms with van der Waals surface area (Å²) in [4.78, 5) is 20.7. The second-order valence-electron chi connectivity index (χ2n) is 6.54. The minimum atomic E-state index is -0.867. The molecule has 1 fully saturated rings. The first-order valence-electron chi connectivity index (χ1n) is 7.65. The van der Waals surface area contributed by atoms with Crippen LogP contribution in [0.25, 0.3) is 0 Å². The third-order valence-electron chi connectivity index (χ3n) is 4.80. The van der Waals surface area contributed by atoms with Crippen molar-refractivity contribution in [1.82, 2.24) is 9.88 Å². The lowest BCUT2D eigenvalue weighted by atomic mass is 10.1. The maximum absolute atomic E-state index is 11.6. The molecular weight excluding hydrogens is 266 g/mol. The van der Waals surface area contributed by atoms with Gasteiger partial charge in [-0.15, -0.1) is 0 Å². The van der Waals surface area contributed by atoms with Gasteiger partial charge in [-0.25, -0.2) is 9.78 Å². The second kappa shape index (κ2) is 5.30. The predicted molar refractivity (Wildman–Crippen MR) is 82.1 cm³/mol. The van der Waals surface area contributed by atoms with Crippen LogP contribution >= 0.6 is 0 Å². The first kappa shape index (κ1) is 14.3. The quantitative estimate of drug-likeness (QED) is 0.917. The zero-order chi connectivity index (χ0) is 15.1. The summed E-state index contributed by atoms with van der Waals surface area (Å²) in [5.74, 6) is 0.309. The van der Waals surface area contributed by atoms with E-state index in [1.165, 1.54) is 0 Å². The molecule has 1 aromatic rings. The van der Waals surface area contributed by atoms with Crippen LogP contribution in [0.2, 0.25) is 0 Å². The van der Waals surface area contributed by atoms with Crippen molar-refractivity contribution in [3.63, 3.8) is 0 Å². The molecule has 1 N–H and O–H groups in total. The van der Waals surface area contributed by atoms with Gasteiger partial charge in [0.15, 0.2) is 0 Å². The number of fused-ring (bicyclic) bond motifs is 1. The molecule has 1 saturated heterocycles. The van der Waals surface area contributed by atoms with Gasteiger partial charge in [0.2, 0.25) is 0 Å². The maximum Gasteiger partial charge on any atom is 0.339 e. The number of carboxylic acids is 1. The molecule has 2 atom stereocenters. The van der Waals surface area contributed by atoms with Crippen molar-refractivity contribution in [1.29, 1.82) is 0 Å². The number of pyridine rings is 1. The van der Waals surface area contributed by atoms with Crippen LogP contribution in [-0.4, -0.2) is 54.2 Å². The molecule has 0 spiro atoms. The van der Waals surface area contributed by atoms with Crippen LogP contribution < -0.4 is 4.90 Å². The minimum absolute atomic E-state index is 0.363. The third kappa shape index (κ3) is 2.50. The fourth-order valence-corrected chi connectivity index (χ4v) is 3.65. The number of hydrogen-bond donors (Lipinski definition) is 1. The highest BCUT2D eigenvalue weighted by Gasteiger charge is 2.34. The van der Waals surface area contributed by atoms with E-state index in [2.05, 4.69) is 30.8 Å². The molecule has 21 heavy (non-hydrogen) atoms. The molecule has 1 aliphatic heterocycles. The lowest BCUT2D eigenvalue weighted by Crippen LogP contribution is -2.34. The summed E-state index contributed by atoms with van der Waals surface area (Å²) in [7, 11) is 4.16. The Hall–Kier alpha value is -1.62. The zero-order valence-corrected chi connectivity index (χ0v) is 13.0. The van der Waals surface area contributed by atoms with Gasteiger partial charge in [0.1, 0.15) is 11.4 Å². The van der Waals surface area contributed by atoms with Crippen molar-refractivity contribution in [3.8, 4) is 0 Å². The monoisotopic (exact) mass is 289 g/mol. The number of carbonyl (C=O) groups is 1. The van der Waals surface area contributed by atoms with E-state index in [-0.39, 0.29) is 0 Å². The van der Waals surface area contributed by atoms with Crippen molar-refractivity contribution in [2.75, 3.05) is 32.1 Å². The Kier molecular flexibility index (Phi) is 3.61. The molecule has 2 aliphatic rings. The molecule has 0 bridgehead atoms. The van der Waals surface area contributed by atoms with Gasteiger partial charge >= 0.3 is 5.97 Å². The Morgan fingerprint density at radius 3 is 2.76 bits per heavy atom. The number of aromatic carboxylic acids is 1. The minimum Gasteiger partial charge on any atom is -0.478 e. The van der Waals surface area contributed by atoms with Gasteiger partial charge in [0.25, 0.3) is 0 Å². The number of carboxylic acid groups (broad SMARTS) is 1. The molecule has 0 amide bonds. The van der Waals surface area contributed by atoms with E-state index in [9.17, 15) is 9.90 Å². The fraction of sp³-hybridized carbons (Fsp3) is 0.625. The first-order chi connectivity index (χ1) is 9.97. The average molecular weight is 289 g/mol. The number of rotatable bonds is 3.